The Bertz CT molecular complexity index is 858. The first-order chi connectivity index (χ1) is 13.3. The molecule has 2 aromatic rings. The largest absolute Gasteiger partial charge is 0.484 e. The van der Waals surface area contributed by atoms with Crippen molar-refractivity contribution in [1.82, 2.24) is 19.9 Å². The third-order valence-corrected chi connectivity index (χ3v) is 5.48. The van der Waals surface area contributed by atoms with Crippen LogP contribution in [0.5, 0.6) is 11.6 Å². The molecule has 150 valence electrons. The fourth-order valence-corrected chi connectivity index (χ4v) is 4.06. The van der Waals surface area contributed by atoms with E-state index in [-0.39, 0.29) is 17.4 Å². The zero-order chi connectivity index (χ0) is 19.9. The monoisotopic (exact) mass is 387 g/mol. The first-order valence-electron chi connectivity index (χ1n) is 9.61. The molecule has 1 unspecified atom stereocenters. The molecule has 0 aliphatic carbocycles. The third-order valence-electron chi connectivity index (χ3n) is 5.48. The van der Waals surface area contributed by atoms with Gasteiger partial charge in [0.15, 0.2) is 5.75 Å². The first-order valence-corrected chi connectivity index (χ1v) is 9.61. The minimum Gasteiger partial charge on any atom is -0.484 e. The van der Waals surface area contributed by atoms with Gasteiger partial charge in [-0.05, 0) is 27.7 Å². The summed E-state index contributed by atoms with van der Waals surface area (Å²) in [6.45, 7) is 11.4. The van der Waals surface area contributed by atoms with Crippen LogP contribution in [0.25, 0.3) is 0 Å². The summed E-state index contributed by atoms with van der Waals surface area (Å²) in [5.41, 5.74) is 1.21. The molecule has 1 atom stereocenters. The fourth-order valence-electron chi connectivity index (χ4n) is 4.06. The molecule has 8 heteroatoms. The van der Waals surface area contributed by atoms with Crippen LogP contribution < -0.4 is 14.4 Å². The van der Waals surface area contributed by atoms with Crippen LogP contribution in [0.1, 0.15) is 38.3 Å². The van der Waals surface area contributed by atoms with E-state index in [9.17, 15) is 4.39 Å². The van der Waals surface area contributed by atoms with E-state index in [1.54, 1.807) is 0 Å². The first kappa shape index (κ1) is 18.9. The van der Waals surface area contributed by atoms with Crippen molar-refractivity contribution in [3.05, 3.63) is 35.8 Å². The summed E-state index contributed by atoms with van der Waals surface area (Å²) >= 11 is 0. The van der Waals surface area contributed by atoms with E-state index in [4.69, 9.17) is 9.47 Å². The number of anilines is 1. The average Bonchev–Trinajstić information content (AvgIpc) is 2.66. The molecule has 0 amide bonds. The third kappa shape index (κ3) is 3.48. The van der Waals surface area contributed by atoms with E-state index in [0.29, 0.717) is 30.5 Å². The number of hydrogen-bond donors (Lipinski definition) is 0. The van der Waals surface area contributed by atoms with Gasteiger partial charge in [-0.3, -0.25) is 4.90 Å². The predicted molar refractivity (Wildman–Crippen MR) is 103 cm³/mol. The Morgan fingerprint density at radius 3 is 2.57 bits per heavy atom. The lowest BCUT2D eigenvalue weighted by Gasteiger charge is -2.50. The highest BCUT2D eigenvalue weighted by molar-refractivity contribution is 5.43. The molecule has 1 saturated heterocycles. The van der Waals surface area contributed by atoms with Crippen molar-refractivity contribution < 1.29 is 13.9 Å². The standard InChI is InChI=1S/C20H26FN5O2/c1-13(18-16(21)9-17-19(24-18)28-8-7-27-17)26-6-5-25(12-20(26,3)4)15-10-22-14(2)23-11-15/h9-11,13H,5-8,12H2,1-4H3. The van der Waals surface area contributed by atoms with Crippen LogP contribution in [0, 0.1) is 12.7 Å². The summed E-state index contributed by atoms with van der Waals surface area (Å²) in [7, 11) is 0. The van der Waals surface area contributed by atoms with Gasteiger partial charge < -0.3 is 14.4 Å². The second-order valence-electron chi connectivity index (χ2n) is 7.95. The van der Waals surface area contributed by atoms with Crippen LogP contribution in [-0.2, 0) is 0 Å². The molecule has 0 N–H and O–H groups in total. The molecular weight excluding hydrogens is 361 g/mol. The molecular formula is C20H26FN5O2. The van der Waals surface area contributed by atoms with E-state index < -0.39 is 0 Å². The Balaban J connectivity index is 1.55. The zero-order valence-electron chi connectivity index (χ0n) is 16.8. The Kier molecular flexibility index (Phi) is 4.82. The van der Waals surface area contributed by atoms with Crippen LogP contribution in [-0.4, -0.2) is 58.2 Å². The van der Waals surface area contributed by atoms with Crippen molar-refractivity contribution in [3.63, 3.8) is 0 Å². The molecule has 0 spiro atoms. The maximum absolute atomic E-state index is 14.8. The van der Waals surface area contributed by atoms with Crippen molar-refractivity contribution in [3.8, 4) is 11.6 Å². The molecule has 0 radical (unpaired) electrons. The van der Waals surface area contributed by atoms with Gasteiger partial charge in [-0.25, -0.2) is 19.3 Å². The van der Waals surface area contributed by atoms with Crippen molar-refractivity contribution in [2.45, 2.75) is 39.3 Å². The lowest BCUT2D eigenvalue weighted by molar-refractivity contribution is 0.0588. The van der Waals surface area contributed by atoms with Crippen molar-refractivity contribution in [2.75, 3.05) is 37.7 Å². The summed E-state index contributed by atoms with van der Waals surface area (Å²) in [4.78, 5) is 17.6. The molecule has 2 aromatic heterocycles. The molecule has 28 heavy (non-hydrogen) atoms. The van der Waals surface area contributed by atoms with Crippen LogP contribution in [0.3, 0.4) is 0 Å². The molecule has 0 aromatic carbocycles. The molecule has 4 rings (SSSR count). The highest BCUT2D eigenvalue weighted by Crippen LogP contribution is 2.36. The minimum atomic E-state index is -0.359. The summed E-state index contributed by atoms with van der Waals surface area (Å²) < 4.78 is 25.7. The highest BCUT2D eigenvalue weighted by atomic mass is 19.1. The second-order valence-corrected chi connectivity index (χ2v) is 7.95. The number of rotatable bonds is 3. The molecule has 1 fully saturated rings. The van der Waals surface area contributed by atoms with E-state index in [2.05, 4.69) is 38.6 Å². The van der Waals surface area contributed by atoms with Gasteiger partial charge in [-0.2, -0.15) is 0 Å². The number of piperazine rings is 1. The lowest BCUT2D eigenvalue weighted by atomic mass is 9.95. The number of halogens is 1. The van der Waals surface area contributed by atoms with E-state index in [0.717, 1.165) is 31.1 Å². The molecule has 4 heterocycles. The van der Waals surface area contributed by atoms with Gasteiger partial charge in [0.2, 0.25) is 0 Å². The maximum atomic E-state index is 14.8. The SMILES string of the molecule is Cc1ncc(N2CCN(C(C)c3nc4c(cc3F)OCCO4)C(C)(C)C2)cn1. The fraction of sp³-hybridized carbons (Fsp3) is 0.550. The number of fused-ring (bicyclic) bond motifs is 1. The highest BCUT2D eigenvalue weighted by Gasteiger charge is 2.38. The van der Waals surface area contributed by atoms with Crippen LogP contribution >= 0.6 is 0 Å². The van der Waals surface area contributed by atoms with Crippen molar-refractivity contribution in [1.29, 1.82) is 0 Å². The summed E-state index contributed by atoms with van der Waals surface area (Å²) in [5, 5.41) is 0. The number of aromatic nitrogens is 3. The Morgan fingerprint density at radius 1 is 1.14 bits per heavy atom. The van der Waals surface area contributed by atoms with E-state index in [1.807, 2.05) is 26.2 Å². The van der Waals surface area contributed by atoms with E-state index >= 15 is 0 Å². The molecule has 0 saturated carbocycles. The topological polar surface area (TPSA) is 63.6 Å². The number of nitrogens with zero attached hydrogens (tertiary/aromatic N) is 5. The normalized spacial score (nSPS) is 20.1. The van der Waals surface area contributed by atoms with Crippen LogP contribution in [0.15, 0.2) is 18.5 Å². The van der Waals surface area contributed by atoms with Crippen LogP contribution in [0.4, 0.5) is 10.1 Å². The molecule has 7 nitrogen and oxygen atoms in total. The van der Waals surface area contributed by atoms with Gasteiger partial charge in [-0.1, -0.05) is 0 Å². The summed E-state index contributed by atoms with van der Waals surface area (Å²) in [5.74, 6) is 1.16. The second kappa shape index (κ2) is 7.16. The number of ether oxygens (including phenoxy) is 2. The van der Waals surface area contributed by atoms with Gasteiger partial charge in [-0.15, -0.1) is 0 Å². The Hall–Kier alpha value is -2.48. The zero-order valence-corrected chi connectivity index (χ0v) is 16.8. The van der Waals surface area contributed by atoms with Crippen molar-refractivity contribution >= 4 is 5.69 Å². The summed E-state index contributed by atoms with van der Waals surface area (Å²) in [6, 6.07) is 1.20. The van der Waals surface area contributed by atoms with Crippen LogP contribution in [0.2, 0.25) is 0 Å². The molecule has 2 aliphatic heterocycles. The molecule has 0 bridgehead atoms. The number of hydrogen-bond acceptors (Lipinski definition) is 7. The van der Waals surface area contributed by atoms with E-state index in [1.165, 1.54) is 6.07 Å². The minimum absolute atomic E-state index is 0.191. The van der Waals surface area contributed by atoms with Gasteiger partial charge in [0.05, 0.1) is 29.8 Å². The quantitative estimate of drug-likeness (QED) is 0.802. The van der Waals surface area contributed by atoms with Gasteiger partial charge >= 0.3 is 0 Å². The Morgan fingerprint density at radius 2 is 1.86 bits per heavy atom. The smallest absolute Gasteiger partial charge is 0.257 e. The van der Waals surface area contributed by atoms with Gasteiger partial charge in [0, 0.05) is 31.2 Å². The van der Waals surface area contributed by atoms with Gasteiger partial charge in [0.1, 0.15) is 24.9 Å². The summed E-state index contributed by atoms with van der Waals surface area (Å²) in [6.07, 6.45) is 3.72. The Labute approximate surface area is 164 Å². The predicted octanol–water partition coefficient (Wildman–Crippen LogP) is 2.75. The van der Waals surface area contributed by atoms with Crippen molar-refractivity contribution in [2.24, 2.45) is 0 Å². The lowest BCUT2D eigenvalue weighted by Crippen LogP contribution is -2.60. The number of aryl methyl sites for hydroxylation is 1. The van der Waals surface area contributed by atoms with Gasteiger partial charge in [0.25, 0.3) is 5.88 Å². The molecule has 2 aliphatic rings. The maximum Gasteiger partial charge on any atom is 0.257 e. The number of pyridine rings is 1. The average molecular weight is 387 g/mol.